The molecule has 3 aromatic carbocycles. The van der Waals surface area contributed by atoms with E-state index in [1.165, 1.54) is 0 Å². The molecule has 0 radical (unpaired) electrons. The number of anilines is 2. The molecule has 1 heterocycles. The molecular weight excluding hydrogens is 412 g/mol. The molecule has 1 unspecified atom stereocenters. The maximum atomic E-state index is 13.6. The van der Waals surface area contributed by atoms with Gasteiger partial charge in [-0.2, -0.15) is 0 Å². The molecule has 1 aliphatic rings. The van der Waals surface area contributed by atoms with E-state index in [1.54, 1.807) is 0 Å². The van der Waals surface area contributed by atoms with Crippen molar-refractivity contribution in [2.45, 2.75) is 45.7 Å². The van der Waals surface area contributed by atoms with Crippen LogP contribution in [0, 0.1) is 0 Å². The van der Waals surface area contributed by atoms with Crippen molar-refractivity contribution in [2.75, 3.05) is 16.4 Å². The molecule has 0 N–H and O–H groups in total. The topological polar surface area (TPSA) is 49.9 Å². The van der Waals surface area contributed by atoms with E-state index in [4.69, 9.17) is 4.74 Å². The predicted molar refractivity (Wildman–Crippen MR) is 132 cm³/mol. The van der Waals surface area contributed by atoms with Gasteiger partial charge < -0.3 is 14.5 Å². The third-order valence-electron chi connectivity index (χ3n) is 6.11. The third-order valence-corrected chi connectivity index (χ3v) is 6.11. The molecule has 1 aliphatic heterocycles. The highest BCUT2D eigenvalue weighted by Gasteiger charge is 2.38. The Hall–Kier alpha value is -3.60. The highest BCUT2D eigenvalue weighted by atomic mass is 16.5. The molecule has 0 aromatic heterocycles. The number of benzene rings is 3. The first-order valence-corrected chi connectivity index (χ1v) is 11.6. The van der Waals surface area contributed by atoms with E-state index in [2.05, 4.69) is 6.92 Å². The van der Waals surface area contributed by atoms with Crippen LogP contribution >= 0.6 is 0 Å². The Morgan fingerprint density at radius 3 is 2.27 bits per heavy atom. The number of rotatable bonds is 6. The summed E-state index contributed by atoms with van der Waals surface area (Å²) in [6.45, 7) is 6.45. The minimum Gasteiger partial charge on any atom is -0.494 e. The average Bonchev–Trinajstić information content (AvgIpc) is 2.85. The summed E-state index contributed by atoms with van der Waals surface area (Å²) in [4.78, 5) is 30.4. The number of fused-ring (bicyclic) bond motifs is 1. The van der Waals surface area contributed by atoms with Crippen LogP contribution in [0.5, 0.6) is 5.75 Å². The zero-order valence-electron chi connectivity index (χ0n) is 19.4. The Balaban J connectivity index is 1.73. The van der Waals surface area contributed by atoms with Crippen molar-refractivity contribution in [3.63, 3.8) is 0 Å². The maximum Gasteiger partial charge on any atom is 0.258 e. The molecule has 0 bridgehead atoms. The van der Waals surface area contributed by atoms with Crippen molar-refractivity contribution in [3.8, 4) is 5.75 Å². The third kappa shape index (κ3) is 4.49. The number of carbonyl (C=O) groups is 2. The van der Waals surface area contributed by atoms with E-state index in [0.717, 1.165) is 22.7 Å². The molecule has 33 heavy (non-hydrogen) atoms. The van der Waals surface area contributed by atoms with Crippen molar-refractivity contribution >= 4 is 23.2 Å². The van der Waals surface area contributed by atoms with Gasteiger partial charge in [-0.1, -0.05) is 43.3 Å². The minimum absolute atomic E-state index is 0.0514. The van der Waals surface area contributed by atoms with Gasteiger partial charge in [0.05, 0.1) is 12.6 Å². The standard InChI is InChI=1S/C28H30N2O3/c1-4-27(31)30(22-11-7-6-8-12-22)26-19-20(3)29(25-14-10-9-13-24(25)26)28(32)21-15-17-23(18-16-21)33-5-2/h6-18,20,26H,4-5,19H2,1-3H3/t20?,26-/m0/s1. The van der Waals surface area contributed by atoms with Crippen LogP contribution < -0.4 is 14.5 Å². The first-order chi connectivity index (χ1) is 16.0. The second-order valence-corrected chi connectivity index (χ2v) is 8.24. The molecule has 0 saturated carbocycles. The lowest BCUT2D eigenvalue weighted by Gasteiger charge is -2.43. The smallest absolute Gasteiger partial charge is 0.258 e. The Labute approximate surface area is 195 Å². The number of amides is 2. The molecule has 0 fully saturated rings. The van der Waals surface area contributed by atoms with E-state index >= 15 is 0 Å². The van der Waals surface area contributed by atoms with Gasteiger partial charge >= 0.3 is 0 Å². The van der Waals surface area contributed by atoms with Gasteiger partial charge in [0.2, 0.25) is 5.91 Å². The fourth-order valence-corrected chi connectivity index (χ4v) is 4.59. The molecule has 170 valence electrons. The molecule has 0 saturated heterocycles. The summed E-state index contributed by atoms with van der Waals surface area (Å²) < 4.78 is 5.52. The molecule has 2 amide bonds. The SMILES string of the molecule is CCOc1ccc(C(=O)N2c3ccccc3[C@@H](N(C(=O)CC)c3ccccc3)CC2C)cc1. The van der Waals surface area contributed by atoms with Gasteiger partial charge in [-0.05, 0) is 68.3 Å². The number of carbonyl (C=O) groups excluding carboxylic acids is 2. The highest BCUT2D eigenvalue weighted by molar-refractivity contribution is 6.07. The monoisotopic (exact) mass is 442 g/mol. The Bertz CT molecular complexity index is 1110. The first kappa shape index (κ1) is 22.6. The fraction of sp³-hybridized carbons (Fsp3) is 0.286. The van der Waals surface area contributed by atoms with Gasteiger partial charge in [0.15, 0.2) is 0 Å². The van der Waals surface area contributed by atoms with Crippen molar-refractivity contribution in [1.82, 2.24) is 0 Å². The summed E-state index contributed by atoms with van der Waals surface area (Å²) in [6.07, 6.45) is 1.07. The van der Waals surface area contributed by atoms with Gasteiger partial charge in [0.1, 0.15) is 5.75 Å². The van der Waals surface area contributed by atoms with E-state index in [1.807, 2.05) is 103 Å². The molecular formula is C28H30N2O3. The van der Waals surface area contributed by atoms with E-state index in [0.29, 0.717) is 25.0 Å². The highest BCUT2D eigenvalue weighted by Crippen LogP contribution is 2.42. The van der Waals surface area contributed by atoms with Gasteiger partial charge in [0, 0.05) is 29.4 Å². The van der Waals surface area contributed by atoms with Crippen LogP contribution in [-0.4, -0.2) is 24.5 Å². The number of hydrogen-bond acceptors (Lipinski definition) is 3. The number of hydrogen-bond donors (Lipinski definition) is 0. The van der Waals surface area contributed by atoms with Gasteiger partial charge in [-0.25, -0.2) is 0 Å². The Morgan fingerprint density at radius 2 is 1.61 bits per heavy atom. The quantitative estimate of drug-likeness (QED) is 0.470. The zero-order chi connectivity index (χ0) is 23.4. The van der Waals surface area contributed by atoms with Gasteiger partial charge in [-0.3, -0.25) is 9.59 Å². The number of nitrogens with zero attached hydrogens (tertiary/aromatic N) is 2. The second kappa shape index (κ2) is 9.90. The van der Waals surface area contributed by atoms with Crippen LogP contribution in [0.2, 0.25) is 0 Å². The van der Waals surface area contributed by atoms with E-state index in [9.17, 15) is 9.59 Å². The van der Waals surface area contributed by atoms with Crippen LogP contribution in [0.25, 0.3) is 0 Å². The van der Waals surface area contributed by atoms with Crippen LogP contribution in [0.3, 0.4) is 0 Å². The number of para-hydroxylation sites is 2. The van der Waals surface area contributed by atoms with Crippen LogP contribution in [-0.2, 0) is 4.79 Å². The van der Waals surface area contributed by atoms with Crippen LogP contribution in [0.1, 0.15) is 55.6 Å². The predicted octanol–water partition coefficient (Wildman–Crippen LogP) is 6.01. The second-order valence-electron chi connectivity index (χ2n) is 8.24. The molecule has 5 heteroatoms. The van der Waals surface area contributed by atoms with Crippen LogP contribution in [0.15, 0.2) is 78.9 Å². The molecule has 5 nitrogen and oxygen atoms in total. The molecule has 2 atom stereocenters. The summed E-state index contributed by atoms with van der Waals surface area (Å²) in [5.41, 5.74) is 3.33. The first-order valence-electron chi connectivity index (χ1n) is 11.6. The molecule has 0 spiro atoms. The Morgan fingerprint density at radius 1 is 0.939 bits per heavy atom. The summed E-state index contributed by atoms with van der Waals surface area (Å²) in [5.74, 6) is 0.766. The minimum atomic E-state index is -0.143. The van der Waals surface area contributed by atoms with Gasteiger partial charge in [0.25, 0.3) is 5.91 Å². The average molecular weight is 443 g/mol. The lowest BCUT2D eigenvalue weighted by atomic mass is 9.89. The summed E-state index contributed by atoms with van der Waals surface area (Å²) in [5, 5.41) is 0. The lowest BCUT2D eigenvalue weighted by molar-refractivity contribution is -0.118. The normalized spacial score (nSPS) is 17.2. The fourth-order valence-electron chi connectivity index (χ4n) is 4.59. The van der Waals surface area contributed by atoms with Crippen LogP contribution in [0.4, 0.5) is 11.4 Å². The summed E-state index contributed by atoms with van der Waals surface area (Å²) in [7, 11) is 0. The lowest BCUT2D eigenvalue weighted by Crippen LogP contribution is -2.47. The molecule has 3 aromatic rings. The number of ether oxygens (including phenoxy) is 1. The largest absolute Gasteiger partial charge is 0.494 e. The van der Waals surface area contributed by atoms with Crippen molar-refractivity contribution < 1.29 is 14.3 Å². The van der Waals surface area contributed by atoms with Gasteiger partial charge in [-0.15, -0.1) is 0 Å². The molecule has 4 rings (SSSR count). The summed E-state index contributed by atoms with van der Waals surface area (Å²) >= 11 is 0. The Kier molecular flexibility index (Phi) is 6.78. The van der Waals surface area contributed by atoms with Crippen molar-refractivity contribution in [1.29, 1.82) is 0 Å². The van der Waals surface area contributed by atoms with E-state index in [-0.39, 0.29) is 23.9 Å². The maximum absolute atomic E-state index is 13.6. The zero-order valence-corrected chi connectivity index (χ0v) is 19.4. The van der Waals surface area contributed by atoms with E-state index < -0.39 is 0 Å². The molecule has 0 aliphatic carbocycles. The van der Waals surface area contributed by atoms with Crippen molar-refractivity contribution in [3.05, 3.63) is 90.0 Å². The van der Waals surface area contributed by atoms with Crippen molar-refractivity contribution in [2.24, 2.45) is 0 Å². The summed E-state index contributed by atoms with van der Waals surface area (Å²) in [6, 6.07) is 24.8.